The summed E-state index contributed by atoms with van der Waals surface area (Å²) in [5, 5.41) is 3.04. The summed E-state index contributed by atoms with van der Waals surface area (Å²) >= 11 is 3.53. The minimum atomic E-state index is -0.137. The number of halogens is 1. The summed E-state index contributed by atoms with van der Waals surface area (Å²) in [5.74, 6) is 0.0473. The molecule has 1 atom stereocenters. The minimum Gasteiger partial charge on any atom is -0.324 e. The number of hydrogen-bond donors (Lipinski definition) is 1. The number of carbonyl (C=O) groups excluding carboxylic acids is 1. The molecule has 1 aliphatic rings. The van der Waals surface area contributed by atoms with Crippen LogP contribution in [0.4, 0.5) is 5.69 Å². The second-order valence-corrected chi connectivity index (χ2v) is 7.80. The van der Waals surface area contributed by atoms with E-state index in [4.69, 9.17) is 0 Å². The van der Waals surface area contributed by atoms with Gasteiger partial charge in [-0.25, -0.2) is 0 Å². The second kappa shape index (κ2) is 8.80. The van der Waals surface area contributed by atoms with Gasteiger partial charge in [-0.1, -0.05) is 36.4 Å². The van der Waals surface area contributed by atoms with Crippen molar-refractivity contribution in [2.24, 2.45) is 0 Å². The third kappa shape index (κ3) is 4.93. The van der Waals surface area contributed by atoms with Crippen molar-refractivity contribution >= 4 is 27.5 Å². The summed E-state index contributed by atoms with van der Waals surface area (Å²) in [6.07, 6.45) is 0. The standard InChI is InChI=1S/C21H26BrN3O/c1-16-8-9-20(19(22)14-16)23-21(26)17(2)25-12-10-24(11-13-25)15-18-6-4-3-5-7-18/h3-9,14,17H,10-13,15H2,1-2H3,(H,23,26)/t17-/m0/s1. The maximum Gasteiger partial charge on any atom is 0.241 e. The summed E-state index contributed by atoms with van der Waals surface area (Å²) in [4.78, 5) is 17.3. The number of nitrogens with zero attached hydrogens (tertiary/aromatic N) is 2. The Morgan fingerprint density at radius 3 is 2.46 bits per heavy atom. The van der Waals surface area contributed by atoms with Crippen LogP contribution in [0.15, 0.2) is 53.0 Å². The topological polar surface area (TPSA) is 35.6 Å². The van der Waals surface area contributed by atoms with Gasteiger partial charge in [-0.3, -0.25) is 14.6 Å². The van der Waals surface area contributed by atoms with Crippen LogP contribution in [0.3, 0.4) is 0 Å². The SMILES string of the molecule is Cc1ccc(NC(=O)[C@H](C)N2CCN(Cc3ccccc3)CC2)c(Br)c1. The number of benzene rings is 2. The van der Waals surface area contributed by atoms with E-state index in [1.165, 1.54) is 5.56 Å². The number of rotatable bonds is 5. The highest BCUT2D eigenvalue weighted by Gasteiger charge is 2.25. The molecular weight excluding hydrogens is 390 g/mol. The van der Waals surface area contributed by atoms with Crippen LogP contribution in [0, 0.1) is 6.92 Å². The van der Waals surface area contributed by atoms with Gasteiger partial charge in [-0.2, -0.15) is 0 Å². The Hall–Kier alpha value is -1.69. The number of amides is 1. The van der Waals surface area contributed by atoms with Crippen molar-refractivity contribution in [3.05, 3.63) is 64.1 Å². The van der Waals surface area contributed by atoms with Crippen molar-refractivity contribution in [2.75, 3.05) is 31.5 Å². The summed E-state index contributed by atoms with van der Waals surface area (Å²) < 4.78 is 0.922. The van der Waals surface area contributed by atoms with Crippen molar-refractivity contribution in [3.63, 3.8) is 0 Å². The van der Waals surface area contributed by atoms with Crippen molar-refractivity contribution in [1.29, 1.82) is 0 Å². The summed E-state index contributed by atoms with van der Waals surface area (Å²) in [6.45, 7) is 8.80. The molecule has 1 aliphatic heterocycles. The Labute approximate surface area is 164 Å². The fraction of sp³-hybridized carbons (Fsp3) is 0.381. The van der Waals surface area contributed by atoms with E-state index in [0.717, 1.165) is 48.4 Å². The zero-order valence-corrected chi connectivity index (χ0v) is 17.0. The van der Waals surface area contributed by atoms with E-state index in [-0.39, 0.29) is 11.9 Å². The van der Waals surface area contributed by atoms with E-state index in [1.807, 2.05) is 38.1 Å². The van der Waals surface area contributed by atoms with Crippen LogP contribution >= 0.6 is 15.9 Å². The number of nitrogens with one attached hydrogen (secondary N) is 1. The third-order valence-corrected chi connectivity index (χ3v) is 5.62. The van der Waals surface area contributed by atoms with E-state index in [2.05, 4.69) is 55.3 Å². The molecule has 1 heterocycles. The normalized spacial score (nSPS) is 17.0. The van der Waals surface area contributed by atoms with Crippen molar-refractivity contribution in [2.45, 2.75) is 26.4 Å². The first-order chi connectivity index (χ1) is 12.5. The smallest absolute Gasteiger partial charge is 0.241 e. The Morgan fingerprint density at radius 2 is 1.81 bits per heavy atom. The maximum atomic E-state index is 12.6. The summed E-state index contributed by atoms with van der Waals surface area (Å²) in [6, 6.07) is 16.4. The molecule has 0 aliphatic carbocycles. The lowest BCUT2D eigenvalue weighted by molar-refractivity contribution is -0.121. The van der Waals surface area contributed by atoms with Gasteiger partial charge in [-0.05, 0) is 53.0 Å². The monoisotopic (exact) mass is 415 g/mol. The fourth-order valence-corrected chi connectivity index (χ4v) is 3.87. The molecule has 3 rings (SSSR count). The highest BCUT2D eigenvalue weighted by atomic mass is 79.9. The lowest BCUT2D eigenvalue weighted by Crippen LogP contribution is -2.52. The molecule has 0 spiro atoms. The second-order valence-electron chi connectivity index (χ2n) is 6.95. The van der Waals surface area contributed by atoms with E-state index >= 15 is 0 Å². The molecule has 2 aromatic rings. The first-order valence-electron chi connectivity index (χ1n) is 9.10. The van der Waals surface area contributed by atoms with Crippen LogP contribution in [-0.4, -0.2) is 47.9 Å². The molecule has 138 valence electrons. The van der Waals surface area contributed by atoms with Crippen molar-refractivity contribution < 1.29 is 4.79 Å². The summed E-state index contributed by atoms with van der Waals surface area (Å²) in [7, 11) is 0. The van der Waals surface area contributed by atoms with Gasteiger partial charge in [0.05, 0.1) is 11.7 Å². The molecule has 2 aromatic carbocycles. The predicted octanol–water partition coefficient (Wildman–Crippen LogP) is 3.90. The molecule has 1 amide bonds. The number of anilines is 1. The molecular formula is C21H26BrN3O. The number of piperazine rings is 1. The molecule has 0 unspecified atom stereocenters. The van der Waals surface area contributed by atoms with Crippen LogP contribution in [0.1, 0.15) is 18.1 Å². The van der Waals surface area contributed by atoms with Gasteiger partial charge in [0, 0.05) is 37.2 Å². The van der Waals surface area contributed by atoms with Crippen LogP contribution in [0.2, 0.25) is 0 Å². The highest BCUT2D eigenvalue weighted by Crippen LogP contribution is 2.24. The van der Waals surface area contributed by atoms with Crippen molar-refractivity contribution in [3.8, 4) is 0 Å². The molecule has 5 heteroatoms. The first-order valence-corrected chi connectivity index (χ1v) is 9.89. The lowest BCUT2D eigenvalue weighted by Gasteiger charge is -2.37. The molecule has 0 saturated carbocycles. The summed E-state index contributed by atoms with van der Waals surface area (Å²) in [5.41, 5.74) is 3.34. The van der Waals surface area contributed by atoms with Crippen molar-refractivity contribution in [1.82, 2.24) is 9.80 Å². The maximum absolute atomic E-state index is 12.6. The number of carbonyl (C=O) groups is 1. The molecule has 0 radical (unpaired) electrons. The van der Waals surface area contributed by atoms with Crippen LogP contribution in [0.5, 0.6) is 0 Å². The van der Waals surface area contributed by atoms with E-state index in [0.29, 0.717) is 0 Å². The Bertz CT molecular complexity index is 742. The van der Waals surface area contributed by atoms with E-state index in [1.54, 1.807) is 0 Å². The molecule has 1 N–H and O–H groups in total. The van der Waals surface area contributed by atoms with Gasteiger partial charge in [0.1, 0.15) is 0 Å². The zero-order valence-electron chi connectivity index (χ0n) is 15.4. The number of aryl methyl sites for hydroxylation is 1. The van der Waals surface area contributed by atoms with Crippen LogP contribution in [-0.2, 0) is 11.3 Å². The minimum absolute atomic E-state index is 0.0473. The molecule has 0 aromatic heterocycles. The number of hydrogen-bond acceptors (Lipinski definition) is 3. The molecule has 26 heavy (non-hydrogen) atoms. The Morgan fingerprint density at radius 1 is 1.12 bits per heavy atom. The zero-order chi connectivity index (χ0) is 18.5. The van der Waals surface area contributed by atoms with Gasteiger partial charge in [-0.15, -0.1) is 0 Å². The van der Waals surface area contributed by atoms with E-state index in [9.17, 15) is 4.79 Å². The Balaban J connectivity index is 1.51. The van der Waals surface area contributed by atoms with E-state index < -0.39 is 0 Å². The molecule has 1 fully saturated rings. The van der Waals surface area contributed by atoms with Crippen LogP contribution in [0.25, 0.3) is 0 Å². The largest absolute Gasteiger partial charge is 0.324 e. The third-order valence-electron chi connectivity index (χ3n) is 4.97. The van der Waals surface area contributed by atoms with Gasteiger partial charge in [0.15, 0.2) is 0 Å². The molecule has 1 saturated heterocycles. The van der Waals surface area contributed by atoms with Crippen LogP contribution < -0.4 is 5.32 Å². The van der Waals surface area contributed by atoms with Gasteiger partial charge >= 0.3 is 0 Å². The molecule has 4 nitrogen and oxygen atoms in total. The molecule has 0 bridgehead atoms. The van der Waals surface area contributed by atoms with Gasteiger partial charge < -0.3 is 5.32 Å². The van der Waals surface area contributed by atoms with Gasteiger partial charge in [0.2, 0.25) is 5.91 Å². The first kappa shape index (κ1) is 19.1. The average Bonchev–Trinajstić information content (AvgIpc) is 2.65. The van der Waals surface area contributed by atoms with Gasteiger partial charge in [0.25, 0.3) is 0 Å². The quantitative estimate of drug-likeness (QED) is 0.803. The lowest BCUT2D eigenvalue weighted by atomic mass is 10.1. The predicted molar refractivity (Wildman–Crippen MR) is 110 cm³/mol. The fourth-order valence-electron chi connectivity index (χ4n) is 3.27. The average molecular weight is 416 g/mol. The highest BCUT2D eigenvalue weighted by molar-refractivity contribution is 9.10. The Kier molecular flexibility index (Phi) is 6.46.